The molecule has 1 fully saturated rings. The van der Waals surface area contributed by atoms with Gasteiger partial charge in [-0.05, 0) is 34.5 Å². The van der Waals surface area contributed by atoms with Crippen LogP contribution in [0.3, 0.4) is 0 Å². The van der Waals surface area contributed by atoms with Crippen molar-refractivity contribution in [2.45, 2.75) is 17.1 Å². The topological polar surface area (TPSA) is 46.7 Å². The molecule has 1 unspecified atom stereocenters. The van der Waals surface area contributed by atoms with Gasteiger partial charge < -0.3 is 4.74 Å². The molecule has 0 spiro atoms. The van der Waals surface area contributed by atoms with Crippen molar-refractivity contribution in [1.82, 2.24) is 0 Å². The number of hydrogen-bond acceptors (Lipinski definition) is 3. The quantitative estimate of drug-likeness (QED) is 0.536. The average molecular weight is 336 g/mol. The first kappa shape index (κ1) is 15.2. The van der Waals surface area contributed by atoms with E-state index < -0.39 is 16.9 Å². The fourth-order valence-corrected chi connectivity index (χ4v) is 3.44. The number of benzene rings is 3. The molecule has 3 nitrogen and oxygen atoms in total. The van der Waals surface area contributed by atoms with E-state index in [0.717, 1.165) is 21.2 Å². The fourth-order valence-electron chi connectivity index (χ4n) is 2.92. The van der Waals surface area contributed by atoms with Gasteiger partial charge in [-0.25, -0.2) is 0 Å². The Kier molecular flexibility index (Phi) is 3.79. The molecule has 0 bridgehead atoms. The van der Waals surface area contributed by atoms with E-state index in [1.807, 2.05) is 66.7 Å². The molecule has 0 saturated carbocycles. The van der Waals surface area contributed by atoms with Gasteiger partial charge in [-0.3, -0.25) is 9.00 Å². The van der Waals surface area contributed by atoms with Gasteiger partial charge in [0.05, 0.1) is 0 Å². The summed E-state index contributed by atoms with van der Waals surface area (Å²) in [6.45, 7) is 0. The molecule has 0 N–H and O–H groups in total. The summed E-state index contributed by atoms with van der Waals surface area (Å²) in [5.41, 5.74) is 1.62. The predicted molar refractivity (Wildman–Crippen MR) is 94.7 cm³/mol. The molecule has 1 heterocycles. The molecule has 3 aromatic rings. The van der Waals surface area contributed by atoms with Crippen molar-refractivity contribution < 1.29 is 13.7 Å². The van der Waals surface area contributed by atoms with E-state index in [1.54, 1.807) is 6.26 Å². The number of fused-ring (bicyclic) bond motifs is 1. The molecule has 0 radical (unpaired) electrons. The Morgan fingerprint density at radius 2 is 1.67 bits per heavy atom. The monoisotopic (exact) mass is 336 g/mol. The molecular weight excluding hydrogens is 320 g/mol. The second-order valence-electron chi connectivity index (χ2n) is 5.93. The molecule has 24 heavy (non-hydrogen) atoms. The van der Waals surface area contributed by atoms with Crippen LogP contribution in [0.5, 0.6) is 0 Å². The molecule has 0 amide bonds. The van der Waals surface area contributed by atoms with Crippen LogP contribution >= 0.6 is 0 Å². The van der Waals surface area contributed by atoms with Gasteiger partial charge in [0.25, 0.3) is 0 Å². The van der Waals surface area contributed by atoms with E-state index >= 15 is 0 Å². The first-order chi connectivity index (χ1) is 11.6. The molecule has 1 aliphatic rings. The van der Waals surface area contributed by atoms with Gasteiger partial charge in [-0.2, -0.15) is 0 Å². The minimum absolute atomic E-state index is 0.00824. The Bertz CT molecular complexity index is 947. The number of ketones is 1. The van der Waals surface area contributed by atoms with Crippen molar-refractivity contribution in [2.24, 2.45) is 0 Å². The van der Waals surface area contributed by atoms with Gasteiger partial charge in [0.1, 0.15) is 6.10 Å². The number of epoxide rings is 1. The van der Waals surface area contributed by atoms with E-state index in [4.69, 9.17) is 4.74 Å². The second-order valence-corrected chi connectivity index (χ2v) is 7.31. The van der Waals surface area contributed by atoms with E-state index in [-0.39, 0.29) is 11.9 Å². The Hall–Kier alpha value is -2.30. The lowest BCUT2D eigenvalue weighted by atomic mass is 10.00. The van der Waals surface area contributed by atoms with Crippen LogP contribution in [-0.4, -0.2) is 22.4 Å². The van der Waals surface area contributed by atoms with Crippen molar-refractivity contribution in [1.29, 1.82) is 0 Å². The summed E-state index contributed by atoms with van der Waals surface area (Å²) in [4.78, 5) is 13.4. The van der Waals surface area contributed by atoms with Gasteiger partial charge in [0.15, 0.2) is 11.9 Å². The third-order valence-corrected chi connectivity index (χ3v) is 5.26. The maximum Gasteiger partial charge on any atom is 0.194 e. The third-order valence-electron chi connectivity index (χ3n) is 4.32. The highest BCUT2D eigenvalue weighted by Gasteiger charge is 2.46. The highest BCUT2D eigenvalue weighted by atomic mass is 32.2. The fraction of sp³-hybridized carbons (Fsp3) is 0.150. The molecule has 0 aliphatic carbocycles. The third kappa shape index (κ3) is 2.79. The lowest BCUT2D eigenvalue weighted by Gasteiger charge is -2.02. The highest BCUT2D eigenvalue weighted by molar-refractivity contribution is 7.84. The van der Waals surface area contributed by atoms with Crippen molar-refractivity contribution in [3.05, 3.63) is 77.9 Å². The van der Waals surface area contributed by atoms with Gasteiger partial charge in [-0.15, -0.1) is 0 Å². The first-order valence-corrected chi connectivity index (χ1v) is 9.31. The number of hydrogen-bond donors (Lipinski definition) is 0. The second kappa shape index (κ2) is 5.96. The maximum absolute atomic E-state index is 12.6. The summed E-state index contributed by atoms with van der Waals surface area (Å²) in [5.74, 6) is 0.00824. The molecule has 0 aromatic heterocycles. The standard InChI is InChI=1S/C20H16O3S/c1-24(22)17-10-8-14(9-11-17)19-20(23-19)18(21)16-7-6-13-4-2-3-5-15(13)12-16/h2-12,19-20H,1H3/t19-,20-,24?/m0/s1. The molecule has 1 aliphatic heterocycles. The minimum Gasteiger partial charge on any atom is -0.356 e. The summed E-state index contributed by atoms with van der Waals surface area (Å²) in [7, 11) is -0.999. The number of carbonyl (C=O) groups excluding carboxylic acids is 1. The zero-order valence-corrected chi connectivity index (χ0v) is 14.0. The largest absolute Gasteiger partial charge is 0.356 e. The van der Waals surface area contributed by atoms with Crippen molar-refractivity contribution in [3.8, 4) is 0 Å². The zero-order valence-electron chi connectivity index (χ0n) is 13.1. The summed E-state index contributed by atoms with van der Waals surface area (Å²) in [6.07, 6.45) is 1.02. The van der Waals surface area contributed by atoms with Crippen LogP contribution < -0.4 is 0 Å². The van der Waals surface area contributed by atoms with E-state index in [0.29, 0.717) is 5.56 Å². The number of ether oxygens (including phenoxy) is 1. The smallest absolute Gasteiger partial charge is 0.194 e. The van der Waals surface area contributed by atoms with Crippen molar-refractivity contribution in [2.75, 3.05) is 6.26 Å². The summed E-state index contributed by atoms with van der Waals surface area (Å²) < 4.78 is 17.0. The van der Waals surface area contributed by atoms with Crippen LogP contribution in [0.1, 0.15) is 22.0 Å². The van der Waals surface area contributed by atoms with E-state index in [1.165, 1.54) is 0 Å². The van der Waals surface area contributed by atoms with E-state index in [2.05, 4.69) is 0 Å². The van der Waals surface area contributed by atoms with Crippen molar-refractivity contribution >= 4 is 27.4 Å². The predicted octanol–water partition coefficient (Wildman–Crippen LogP) is 3.90. The Morgan fingerprint density at radius 1 is 0.958 bits per heavy atom. The lowest BCUT2D eigenvalue weighted by Crippen LogP contribution is -2.08. The SMILES string of the molecule is CS(=O)c1ccc([C@@H]2O[C@H]2C(=O)c2ccc3ccccc3c2)cc1. The molecular formula is C20H16O3S. The van der Waals surface area contributed by atoms with Gasteiger partial charge in [0.2, 0.25) is 0 Å². The summed E-state index contributed by atoms with van der Waals surface area (Å²) in [6, 6.07) is 21.1. The summed E-state index contributed by atoms with van der Waals surface area (Å²) >= 11 is 0. The molecule has 1 saturated heterocycles. The zero-order chi connectivity index (χ0) is 16.7. The van der Waals surface area contributed by atoms with Gasteiger partial charge in [-0.1, -0.05) is 48.5 Å². The Labute approximate surface area is 142 Å². The van der Waals surface area contributed by atoms with Crippen LogP contribution in [0, 0.1) is 0 Å². The minimum atomic E-state index is -0.999. The molecule has 4 rings (SSSR count). The van der Waals surface area contributed by atoms with Crippen molar-refractivity contribution in [3.63, 3.8) is 0 Å². The molecule has 3 aromatic carbocycles. The molecule has 3 atom stereocenters. The van der Waals surface area contributed by atoms with Crippen LogP contribution in [0.25, 0.3) is 10.8 Å². The maximum atomic E-state index is 12.6. The van der Waals surface area contributed by atoms with E-state index in [9.17, 15) is 9.00 Å². The van der Waals surface area contributed by atoms with Gasteiger partial charge >= 0.3 is 0 Å². The Morgan fingerprint density at radius 3 is 2.38 bits per heavy atom. The normalized spacial score (nSPS) is 20.7. The number of carbonyl (C=O) groups is 1. The average Bonchev–Trinajstić information content (AvgIpc) is 3.41. The van der Waals surface area contributed by atoms with Crippen LogP contribution in [0.15, 0.2) is 71.6 Å². The Balaban J connectivity index is 1.54. The highest BCUT2D eigenvalue weighted by Crippen LogP contribution is 2.41. The first-order valence-electron chi connectivity index (χ1n) is 7.75. The number of rotatable bonds is 4. The van der Waals surface area contributed by atoms with Crippen LogP contribution in [0.4, 0.5) is 0 Å². The number of Topliss-reactive ketones (excluding diaryl/α,β-unsaturated/α-hetero) is 1. The van der Waals surface area contributed by atoms with Gasteiger partial charge in [0, 0.05) is 27.5 Å². The summed E-state index contributed by atoms with van der Waals surface area (Å²) in [5, 5.41) is 2.17. The molecule has 120 valence electrons. The van der Waals surface area contributed by atoms with Crippen LogP contribution in [0.2, 0.25) is 0 Å². The lowest BCUT2D eigenvalue weighted by molar-refractivity contribution is 0.0954. The van der Waals surface area contributed by atoms with Crippen LogP contribution in [-0.2, 0) is 15.5 Å². The molecule has 4 heteroatoms.